The van der Waals surface area contributed by atoms with E-state index in [-0.39, 0.29) is 10.7 Å². The Kier molecular flexibility index (Phi) is 5.08. The van der Waals surface area contributed by atoms with Crippen LogP contribution in [-0.2, 0) is 4.79 Å². The normalized spacial score (nSPS) is 17.4. The predicted molar refractivity (Wildman–Crippen MR) is 88.2 cm³/mol. The number of carbonyl (C=O) groups is 1. The highest BCUT2D eigenvalue weighted by molar-refractivity contribution is 7.99. The molecule has 0 amide bonds. The zero-order valence-corrected chi connectivity index (χ0v) is 15.1. The highest BCUT2D eigenvalue weighted by Crippen LogP contribution is 2.54. The maximum atomic E-state index is 11.5. The summed E-state index contributed by atoms with van der Waals surface area (Å²) >= 11 is 1.49. The van der Waals surface area contributed by atoms with E-state index in [2.05, 4.69) is 30.7 Å². The second kappa shape index (κ2) is 6.55. The van der Waals surface area contributed by atoms with Crippen molar-refractivity contribution in [2.24, 2.45) is 10.8 Å². The van der Waals surface area contributed by atoms with Crippen molar-refractivity contribution < 1.29 is 19.4 Å². The van der Waals surface area contributed by atoms with Gasteiger partial charge < -0.3 is 14.6 Å². The Bertz CT molecular complexity index is 560. The molecule has 1 atom stereocenters. The molecule has 6 nitrogen and oxygen atoms in total. The molecule has 1 aliphatic rings. The molecule has 0 saturated heterocycles. The molecule has 1 fully saturated rings. The Morgan fingerprint density at radius 2 is 1.83 bits per heavy atom. The Balaban J connectivity index is 2.23. The summed E-state index contributed by atoms with van der Waals surface area (Å²) in [5, 5.41) is 10.1. The molecule has 7 heteroatoms. The SMILES string of the molecule is COc1cc(OC)nc(SC(CC2(C(=O)O)CC2)C(C)(C)C)n1. The van der Waals surface area contributed by atoms with Crippen LogP contribution in [0.5, 0.6) is 11.8 Å². The van der Waals surface area contributed by atoms with Crippen LogP contribution in [0, 0.1) is 10.8 Å². The lowest BCUT2D eigenvalue weighted by molar-refractivity contribution is -0.143. The minimum Gasteiger partial charge on any atom is -0.481 e. The van der Waals surface area contributed by atoms with Crippen LogP contribution in [-0.4, -0.2) is 40.5 Å². The number of nitrogens with zero attached hydrogens (tertiary/aromatic N) is 2. The van der Waals surface area contributed by atoms with Crippen molar-refractivity contribution in [3.8, 4) is 11.8 Å². The second-order valence-corrected chi connectivity index (χ2v) is 8.17. The third kappa shape index (κ3) is 4.28. The van der Waals surface area contributed by atoms with Crippen molar-refractivity contribution in [3.05, 3.63) is 6.07 Å². The summed E-state index contributed by atoms with van der Waals surface area (Å²) in [7, 11) is 3.09. The van der Waals surface area contributed by atoms with Crippen molar-refractivity contribution in [3.63, 3.8) is 0 Å². The maximum Gasteiger partial charge on any atom is 0.309 e. The third-order valence-electron chi connectivity index (χ3n) is 4.17. The number of hydrogen-bond donors (Lipinski definition) is 1. The smallest absolute Gasteiger partial charge is 0.309 e. The van der Waals surface area contributed by atoms with Crippen LogP contribution in [0.4, 0.5) is 0 Å². The van der Waals surface area contributed by atoms with Gasteiger partial charge in [0.25, 0.3) is 0 Å². The number of thioether (sulfide) groups is 1. The standard InChI is InChI=1S/C16H24N2O4S/c1-15(2,3)10(9-16(6-7-16)13(19)20)23-14-17-11(21-4)8-12(18-14)22-5/h8,10H,6-7,9H2,1-5H3,(H,19,20). The van der Waals surface area contributed by atoms with Gasteiger partial charge in [-0.2, -0.15) is 9.97 Å². The van der Waals surface area contributed by atoms with E-state index in [1.54, 1.807) is 20.3 Å². The topological polar surface area (TPSA) is 81.5 Å². The highest BCUT2D eigenvalue weighted by Gasteiger charge is 2.52. The van der Waals surface area contributed by atoms with Crippen LogP contribution in [0.25, 0.3) is 0 Å². The first-order chi connectivity index (χ1) is 10.7. The Labute approximate surface area is 141 Å². The van der Waals surface area contributed by atoms with Gasteiger partial charge in [-0.25, -0.2) is 0 Å². The fourth-order valence-corrected chi connectivity index (χ4v) is 3.60. The molecule has 0 spiro atoms. The summed E-state index contributed by atoms with van der Waals surface area (Å²) in [5.41, 5.74) is -0.650. The van der Waals surface area contributed by atoms with Crippen LogP contribution >= 0.6 is 11.8 Å². The quantitative estimate of drug-likeness (QED) is 0.602. The van der Waals surface area contributed by atoms with Crippen molar-refractivity contribution >= 4 is 17.7 Å². The van der Waals surface area contributed by atoms with E-state index < -0.39 is 11.4 Å². The van der Waals surface area contributed by atoms with E-state index in [9.17, 15) is 9.90 Å². The van der Waals surface area contributed by atoms with E-state index >= 15 is 0 Å². The zero-order chi connectivity index (χ0) is 17.3. The van der Waals surface area contributed by atoms with Crippen molar-refractivity contribution in [2.75, 3.05) is 14.2 Å². The molecule has 2 rings (SSSR count). The van der Waals surface area contributed by atoms with Crippen LogP contribution < -0.4 is 9.47 Å². The van der Waals surface area contributed by atoms with E-state index in [1.807, 2.05) is 0 Å². The Morgan fingerprint density at radius 1 is 1.30 bits per heavy atom. The molecule has 1 aromatic heterocycles. The minimum atomic E-state index is -0.698. The average Bonchev–Trinajstić information content (AvgIpc) is 3.26. The fraction of sp³-hybridized carbons (Fsp3) is 0.688. The molecule has 1 aromatic rings. The largest absolute Gasteiger partial charge is 0.481 e. The first-order valence-electron chi connectivity index (χ1n) is 7.57. The number of carboxylic acids is 1. The van der Waals surface area contributed by atoms with Crippen molar-refractivity contribution in [1.29, 1.82) is 0 Å². The summed E-state index contributed by atoms with van der Waals surface area (Å²) in [6.45, 7) is 6.33. The molecule has 1 unspecified atom stereocenters. The van der Waals surface area contributed by atoms with Gasteiger partial charge in [-0.1, -0.05) is 32.5 Å². The van der Waals surface area contributed by atoms with Gasteiger partial charge in [0.2, 0.25) is 11.8 Å². The zero-order valence-electron chi connectivity index (χ0n) is 14.3. The van der Waals surface area contributed by atoms with Crippen molar-refractivity contribution in [1.82, 2.24) is 9.97 Å². The summed E-state index contributed by atoms with van der Waals surface area (Å²) < 4.78 is 10.4. The molecule has 0 bridgehead atoms. The number of carboxylic acid groups (broad SMARTS) is 1. The van der Waals surface area contributed by atoms with Gasteiger partial charge in [0.05, 0.1) is 25.7 Å². The van der Waals surface area contributed by atoms with E-state index in [1.165, 1.54) is 11.8 Å². The van der Waals surface area contributed by atoms with Crippen LogP contribution in [0.3, 0.4) is 0 Å². The third-order valence-corrected chi connectivity index (χ3v) is 5.73. The summed E-state index contributed by atoms with van der Waals surface area (Å²) in [4.78, 5) is 20.2. The van der Waals surface area contributed by atoms with E-state index in [0.717, 1.165) is 12.8 Å². The molecule has 1 aliphatic carbocycles. The number of rotatable bonds is 7. The molecule has 128 valence electrons. The second-order valence-electron chi connectivity index (χ2n) is 7.00. The van der Waals surface area contributed by atoms with Crippen LogP contribution in [0.15, 0.2) is 11.2 Å². The first-order valence-corrected chi connectivity index (χ1v) is 8.45. The molecule has 1 heterocycles. The minimum absolute atomic E-state index is 0.0740. The molecular formula is C16H24N2O4S. The average molecular weight is 340 g/mol. The lowest BCUT2D eigenvalue weighted by Gasteiger charge is -2.31. The van der Waals surface area contributed by atoms with Gasteiger partial charge in [0.15, 0.2) is 5.16 Å². The van der Waals surface area contributed by atoms with Crippen LogP contribution in [0.1, 0.15) is 40.0 Å². The lowest BCUT2D eigenvalue weighted by atomic mass is 9.84. The first kappa shape index (κ1) is 17.8. The molecule has 0 aliphatic heterocycles. The number of hydrogen-bond acceptors (Lipinski definition) is 6. The van der Waals surface area contributed by atoms with Gasteiger partial charge in [-0.3, -0.25) is 4.79 Å². The number of aromatic nitrogens is 2. The van der Waals surface area contributed by atoms with Gasteiger partial charge in [-0.15, -0.1) is 0 Å². The maximum absolute atomic E-state index is 11.5. The molecule has 1 saturated carbocycles. The van der Waals surface area contributed by atoms with Gasteiger partial charge >= 0.3 is 5.97 Å². The van der Waals surface area contributed by atoms with Gasteiger partial charge in [0, 0.05) is 5.25 Å². The van der Waals surface area contributed by atoms with Gasteiger partial charge in [-0.05, 0) is 24.7 Å². The van der Waals surface area contributed by atoms with Gasteiger partial charge in [0.1, 0.15) is 0 Å². The molecule has 1 N–H and O–H groups in total. The Morgan fingerprint density at radius 3 is 2.17 bits per heavy atom. The fourth-order valence-electron chi connectivity index (χ4n) is 2.31. The number of ether oxygens (including phenoxy) is 2. The number of aliphatic carboxylic acids is 1. The summed E-state index contributed by atoms with van der Waals surface area (Å²) in [5.74, 6) is 0.175. The molecule has 0 radical (unpaired) electrons. The van der Waals surface area contributed by atoms with E-state index in [4.69, 9.17) is 9.47 Å². The summed E-state index contributed by atoms with van der Waals surface area (Å²) in [6.07, 6.45) is 2.11. The predicted octanol–water partition coefficient (Wildman–Crippen LogP) is 3.26. The highest BCUT2D eigenvalue weighted by atomic mass is 32.2. The monoisotopic (exact) mass is 340 g/mol. The van der Waals surface area contributed by atoms with Crippen molar-refractivity contribution in [2.45, 2.75) is 50.4 Å². The van der Waals surface area contributed by atoms with E-state index in [0.29, 0.717) is 23.3 Å². The lowest BCUT2D eigenvalue weighted by Crippen LogP contribution is -2.30. The Hall–Kier alpha value is -1.50. The summed E-state index contributed by atoms with van der Waals surface area (Å²) in [6, 6.07) is 1.62. The molecule has 0 aromatic carbocycles. The molecule has 23 heavy (non-hydrogen) atoms. The van der Waals surface area contributed by atoms with Crippen LogP contribution in [0.2, 0.25) is 0 Å². The number of methoxy groups -OCH3 is 2. The molecular weight excluding hydrogens is 316 g/mol.